The third-order valence-electron chi connectivity index (χ3n) is 4.25. The first-order valence-electron chi connectivity index (χ1n) is 8.70. The number of amides is 1. The molecule has 1 heterocycles. The second-order valence-electron chi connectivity index (χ2n) is 7.16. The molecular weight excluding hydrogens is 354 g/mol. The minimum atomic E-state index is -3.87. The van der Waals surface area contributed by atoms with Crippen LogP contribution in [0.15, 0.2) is 40.0 Å². The van der Waals surface area contributed by atoms with Crippen molar-refractivity contribution in [2.45, 2.75) is 50.1 Å². The Labute approximate surface area is 152 Å². The van der Waals surface area contributed by atoms with Crippen molar-refractivity contribution in [3.05, 3.63) is 40.7 Å². The number of sulfonamides is 1. The fraction of sp³-hybridized carbons (Fsp3) is 0.444. The summed E-state index contributed by atoms with van der Waals surface area (Å²) in [5, 5.41) is 3.47. The number of carbonyl (C=O) groups excluding carboxylic acids is 1. The van der Waals surface area contributed by atoms with E-state index < -0.39 is 16.1 Å². The van der Waals surface area contributed by atoms with Crippen LogP contribution < -0.4 is 15.6 Å². The van der Waals surface area contributed by atoms with Crippen LogP contribution in [0.1, 0.15) is 33.1 Å². The van der Waals surface area contributed by atoms with E-state index in [0.717, 1.165) is 12.8 Å². The molecule has 1 amide bonds. The van der Waals surface area contributed by atoms with E-state index in [1.54, 1.807) is 12.1 Å². The first kappa shape index (κ1) is 18.6. The summed E-state index contributed by atoms with van der Waals surface area (Å²) in [6.07, 6.45) is 2.30. The van der Waals surface area contributed by atoms with Crippen LogP contribution in [-0.2, 0) is 14.8 Å². The number of carbonyl (C=O) groups is 1. The van der Waals surface area contributed by atoms with Gasteiger partial charge in [0.25, 0.3) is 0 Å². The van der Waals surface area contributed by atoms with Gasteiger partial charge in [-0.3, -0.25) is 9.59 Å². The molecule has 140 valence electrons. The van der Waals surface area contributed by atoms with Crippen LogP contribution in [-0.4, -0.2) is 31.4 Å². The van der Waals surface area contributed by atoms with Gasteiger partial charge < -0.3 is 10.3 Å². The summed E-state index contributed by atoms with van der Waals surface area (Å²) < 4.78 is 28.1. The number of aromatic amines is 1. The quantitative estimate of drug-likeness (QED) is 0.679. The van der Waals surface area contributed by atoms with Gasteiger partial charge in [0, 0.05) is 17.6 Å². The molecule has 3 N–H and O–H groups in total. The molecule has 1 saturated carbocycles. The third kappa shape index (κ3) is 4.50. The number of benzene rings is 1. The van der Waals surface area contributed by atoms with Gasteiger partial charge in [-0.15, -0.1) is 0 Å². The molecule has 1 aliphatic rings. The van der Waals surface area contributed by atoms with Crippen LogP contribution in [0.4, 0.5) is 0 Å². The lowest BCUT2D eigenvalue weighted by Gasteiger charge is -2.20. The Morgan fingerprint density at radius 1 is 1.23 bits per heavy atom. The van der Waals surface area contributed by atoms with E-state index >= 15 is 0 Å². The number of hydrogen-bond acceptors (Lipinski definition) is 4. The van der Waals surface area contributed by atoms with E-state index in [1.807, 2.05) is 13.8 Å². The molecule has 1 fully saturated rings. The molecule has 3 rings (SSSR count). The topological polar surface area (TPSA) is 108 Å². The van der Waals surface area contributed by atoms with Crippen LogP contribution in [0, 0.1) is 5.92 Å². The van der Waals surface area contributed by atoms with Gasteiger partial charge in [0.05, 0.1) is 4.90 Å². The van der Waals surface area contributed by atoms with Gasteiger partial charge in [-0.25, -0.2) is 8.42 Å². The summed E-state index contributed by atoms with van der Waals surface area (Å²) in [7, 11) is -3.87. The molecule has 1 aromatic carbocycles. The minimum absolute atomic E-state index is 0.0602. The molecule has 1 aliphatic carbocycles. The fourth-order valence-electron chi connectivity index (χ4n) is 2.76. The first-order valence-corrected chi connectivity index (χ1v) is 10.2. The Kier molecular flexibility index (Phi) is 5.15. The number of pyridine rings is 1. The van der Waals surface area contributed by atoms with E-state index in [2.05, 4.69) is 15.0 Å². The van der Waals surface area contributed by atoms with Crippen molar-refractivity contribution in [2.24, 2.45) is 5.92 Å². The molecule has 26 heavy (non-hydrogen) atoms. The number of H-pyrrole nitrogens is 1. The van der Waals surface area contributed by atoms with E-state index in [0.29, 0.717) is 17.3 Å². The van der Waals surface area contributed by atoms with Gasteiger partial charge in [0.15, 0.2) is 0 Å². The minimum Gasteiger partial charge on any atom is -0.352 e. The van der Waals surface area contributed by atoms with Crippen molar-refractivity contribution < 1.29 is 13.2 Å². The Morgan fingerprint density at radius 3 is 2.62 bits per heavy atom. The maximum atomic E-state index is 12.8. The van der Waals surface area contributed by atoms with Crippen LogP contribution in [0.3, 0.4) is 0 Å². The molecule has 1 aromatic heterocycles. The summed E-state index contributed by atoms with van der Waals surface area (Å²) in [5.41, 5.74) is 0.307. The number of aromatic nitrogens is 1. The maximum absolute atomic E-state index is 12.8. The molecule has 1 atom stereocenters. The molecule has 0 radical (unpaired) electrons. The first-order chi connectivity index (χ1) is 12.2. The van der Waals surface area contributed by atoms with Gasteiger partial charge in [0.2, 0.25) is 21.5 Å². The van der Waals surface area contributed by atoms with Crippen molar-refractivity contribution in [3.63, 3.8) is 0 Å². The molecule has 2 aromatic rings. The predicted octanol–water partition coefficient (Wildman–Crippen LogP) is 1.50. The summed E-state index contributed by atoms with van der Waals surface area (Å²) in [6.45, 7) is 3.89. The molecule has 0 aliphatic heterocycles. The van der Waals surface area contributed by atoms with Crippen LogP contribution >= 0.6 is 0 Å². The fourth-order valence-corrected chi connectivity index (χ4v) is 4.01. The van der Waals surface area contributed by atoms with E-state index in [9.17, 15) is 18.0 Å². The monoisotopic (exact) mass is 377 g/mol. The highest BCUT2D eigenvalue weighted by atomic mass is 32.2. The van der Waals surface area contributed by atoms with Crippen molar-refractivity contribution in [2.75, 3.05) is 0 Å². The lowest BCUT2D eigenvalue weighted by atomic mass is 10.0. The number of hydrogen-bond donors (Lipinski definition) is 3. The second-order valence-corrected chi connectivity index (χ2v) is 8.87. The van der Waals surface area contributed by atoms with Crippen LogP contribution in [0.25, 0.3) is 10.9 Å². The largest absolute Gasteiger partial charge is 0.352 e. The number of nitrogens with one attached hydrogen (secondary N) is 3. The SMILES string of the molecule is CC(C)C[C@@H](NS(=O)(=O)c1ccc2[nH]c(=O)ccc2c1)C(=O)NC1CC1. The zero-order valence-corrected chi connectivity index (χ0v) is 15.6. The number of rotatable bonds is 7. The highest BCUT2D eigenvalue weighted by Crippen LogP contribution is 2.21. The summed E-state index contributed by atoms with van der Waals surface area (Å²) >= 11 is 0. The molecule has 0 saturated heterocycles. The summed E-state index contributed by atoms with van der Waals surface area (Å²) in [6, 6.07) is 6.72. The maximum Gasteiger partial charge on any atom is 0.248 e. The van der Waals surface area contributed by atoms with Crippen molar-refractivity contribution >= 4 is 26.8 Å². The Balaban J connectivity index is 1.85. The van der Waals surface area contributed by atoms with E-state index in [4.69, 9.17) is 0 Å². The third-order valence-corrected chi connectivity index (χ3v) is 5.72. The van der Waals surface area contributed by atoms with Gasteiger partial charge in [0.1, 0.15) is 6.04 Å². The smallest absolute Gasteiger partial charge is 0.248 e. The van der Waals surface area contributed by atoms with Crippen molar-refractivity contribution in [3.8, 4) is 0 Å². The Hall–Kier alpha value is -2.19. The van der Waals surface area contributed by atoms with Gasteiger partial charge in [-0.2, -0.15) is 4.72 Å². The van der Waals surface area contributed by atoms with Gasteiger partial charge in [-0.1, -0.05) is 13.8 Å². The number of fused-ring (bicyclic) bond motifs is 1. The average Bonchev–Trinajstić information content (AvgIpc) is 3.37. The van der Waals surface area contributed by atoms with Crippen molar-refractivity contribution in [1.29, 1.82) is 0 Å². The normalized spacial score (nSPS) is 16.0. The standard InChI is InChI=1S/C18H23N3O4S/c1-11(2)9-16(18(23)19-13-4-5-13)21-26(24,25)14-6-7-15-12(10-14)3-8-17(22)20-15/h3,6-8,10-11,13,16,21H,4-5,9H2,1-2H3,(H,19,23)(H,20,22)/t16-/m1/s1. The highest BCUT2D eigenvalue weighted by Gasteiger charge is 2.31. The average molecular weight is 377 g/mol. The lowest BCUT2D eigenvalue weighted by Crippen LogP contribution is -2.47. The van der Waals surface area contributed by atoms with Crippen LogP contribution in [0.5, 0.6) is 0 Å². The summed E-state index contributed by atoms with van der Waals surface area (Å²) in [4.78, 5) is 26.5. The van der Waals surface area contributed by atoms with Crippen molar-refractivity contribution in [1.82, 2.24) is 15.0 Å². The molecule has 0 spiro atoms. The van der Waals surface area contributed by atoms with E-state index in [-0.39, 0.29) is 28.3 Å². The van der Waals surface area contributed by atoms with Gasteiger partial charge in [-0.05, 0) is 54.8 Å². The Bertz CT molecular complexity index is 977. The second kappa shape index (κ2) is 7.20. The molecule has 0 unspecified atom stereocenters. The van der Waals surface area contributed by atoms with E-state index in [1.165, 1.54) is 18.2 Å². The van der Waals surface area contributed by atoms with Crippen LogP contribution in [0.2, 0.25) is 0 Å². The zero-order valence-electron chi connectivity index (χ0n) is 14.8. The predicted molar refractivity (Wildman–Crippen MR) is 99.3 cm³/mol. The Morgan fingerprint density at radius 2 is 1.96 bits per heavy atom. The molecule has 8 heteroatoms. The zero-order chi connectivity index (χ0) is 18.9. The lowest BCUT2D eigenvalue weighted by molar-refractivity contribution is -0.123. The highest BCUT2D eigenvalue weighted by molar-refractivity contribution is 7.89. The summed E-state index contributed by atoms with van der Waals surface area (Å²) in [5.74, 6) is -0.121. The molecule has 0 bridgehead atoms. The molecular formula is C18H23N3O4S. The van der Waals surface area contributed by atoms with Gasteiger partial charge >= 0.3 is 0 Å². The molecule has 7 nitrogen and oxygen atoms in total.